The summed E-state index contributed by atoms with van der Waals surface area (Å²) in [5, 5.41) is 0. The van der Waals surface area contributed by atoms with E-state index < -0.39 is 10.2 Å². The van der Waals surface area contributed by atoms with Crippen LogP contribution in [0, 0.1) is 5.92 Å². The summed E-state index contributed by atoms with van der Waals surface area (Å²) in [6.07, 6.45) is 2.61. The van der Waals surface area contributed by atoms with Gasteiger partial charge in [-0.25, -0.2) is 4.72 Å². The van der Waals surface area contributed by atoms with Gasteiger partial charge in [-0.05, 0) is 38.6 Å². The zero-order valence-corrected chi connectivity index (χ0v) is 11.9. The van der Waals surface area contributed by atoms with Crippen LogP contribution in [0.1, 0.15) is 26.2 Å². The van der Waals surface area contributed by atoms with Crippen LogP contribution in [-0.2, 0) is 14.9 Å². The van der Waals surface area contributed by atoms with Crippen molar-refractivity contribution in [2.75, 3.05) is 39.4 Å². The van der Waals surface area contributed by atoms with Gasteiger partial charge in [-0.3, -0.25) is 0 Å². The molecule has 1 fully saturated rings. The lowest BCUT2D eigenvalue weighted by molar-refractivity contribution is 0.145. The molecule has 1 aliphatic rings. The molecular weight excluding hydrogens is 254 g/mol. The Bertz CT molecular complexity index is 321. The molecule has 1 aliphatic heterocycles. The molecule has 0 aliphatic carbocycles. The van der Waals surface area contributed by atoms with Crippen molar-refractivity contribution in [3.8, 4) is 0 Å². The average Bonchev–Trinajstić information content (AvgIpc) is 2.38. The topological polar surface area (TPSA) is 84.7 Å². The van der Waals surface area contributed by atoms with E-state index >= 15 is 0 Å². The molecule has 1 unspecified atom stereocenters. The molecule has 0 bridgehead atoms. The maximum atomic E-state index is 12.0. The summed E-state index contributed by atoms with van der Waals surface area (Å²) >= 11 is 0. The minimum atomic E-state index is -3.34. The van der Waals surface area contributed by atoms with Crippen LogP contribution >= 0.6 is 0 Å². The third-order valence-corrected chi connectivity index (χ3v) is 4.69. The number of piperidine rings is 1. The molecule has 7 heteroatoms. The van der Waals surface area contributed by atoms with E-state index in [1.165, 1.54) is 4.31 Å². The summed E-state index contributed by atoms with van der Waals surface area (Å²) < 4.78 is 33.3. The molecule has 0 radical (unpaired) electrons. The molecule has 3 N–H and O–H groups in total. The molecule has 108 valence electrons. The molecule has 1 atom stereocenters. The van der Waals surface area contributed by atoms with Crippen LogP contribution in [0.15, 0.2) is 0 Å². The molecule has 0 aromatic carbocycles. The standard InChI is InChI=1S/C11H25N3O3S/c1-2-17-8-4-6-13-18(15,16)14-7-3-5-11(9-12)10-14/h11,13H,2-10,12H2,1H3. The van der Waals surface area contributed by atoms with Crippen LogP contribution < -0.4 is 10.5 Å². The highest BCUT2D eigenvalue weighted by Gasteiger charge is 2.27. The van der Waals surface area contributed by atoms with Gasteiger partial charge in [0.25, 0.3) is 10.2 Å². The minimum Gasteiger partial charge on any atom is -0.382 e. The predicted molar refractivity (Wildman–Crippen MR) is 71.4 cm³/mol. The van der Waals surface area contributed by atoms with Crippen LogP contribution in [0.3, 0.4) is 0 Å². The number of nitrogens with two attached hydrogens (primary N) is 1. The maximum Gasteiger partial charge on any atom is 0.279 e. The molecule has 0 saturated carbocycles. The van der Waals surface area contributed by atoms with Crippen molar-refractivity contribution in [3.63, 3.8) is 0 Å². The first-order chi connectivity index (χ1) is 8.60. The van der Waals surface area contributed by atoms with Crippen molar-refractivity contribution >= 4 is 10.2 Å². The smallest absolute Gasteiger partial charge is 0.279 e. The van der Waals surface area contributed by atoms with Gasteiger partial charge >= 0.3 is 0 Å². The lowest BCUT2D eigenvalue weighted by atomic mass is 10.0. The Morgan fingerprint density at radius 1 is 1.50 bits per heavy atom. The highest BCUT2D eigenvalue weighted by Crippen LogP contribution is 2.17. The quantitative estimate of drug-likeness (QED) is 0.609. The van der Waals surface area contributed by atoms with Gasteiger partial charge < -0.3 is 10.5 Å². The third-order valence-electron chi connectivity index (χ3n) is 3.11. The fraction of sp³-hybridized carbons (Fsp3) is 1.00. The molecule has 1 heterocycles. The summed E-state index contributed by atoms with van der Waals surface area (Å²) in [5.41, 5.74) is 5.61. The second-order valence-corrected chi connectivity index (χ2v) is 6.31. The number of ether oxygens (including phenoxy) is 1. The van der Waals surface area contributed by atoms with E-state index in [0.29, 0.717) is 51.7 Å². The first kappa shape index (κ1) is 15.8. The third kappa shape index (κ3) is 5.19. The Labute approximate surface area is 110 Å². The van der Waals surface area contributed by atoms with Crippen molar-refractivity contribution in [1.82, 2.24) is 9.03 Å². The van der Waals surface area contributed by atoms with Gasteiger partial charge in [-0.1, -0.05) is 0 Å². The molecule has 1 saturated heterocycles. The molecule has 0 aromatic heterocycles. The number of hydrogen-bond donors (Lipinski definition) is 2. The largest absolute Gasteiger partial charge is 0.382 e. The molecule has 18 heavy (non-hydrogen) atoms. The fourth-order valence-corrected chi connectivity index (χ4v) is 3.41. The molecule has 0 amide bonds. The van der Waals surface area contributed by atoms with E-state index in [0.717, 1.165) is 12.8 Å². The van der Waals surface area contributed by atoms with E-state index in [9.17, 15) is 8.42 Å². The van der Waals surface area contributed by atoms with Gasteiger partial charge in [0.1, 0.15) is 0 Å². The van der Waals surface area contributed by atoms with E-state index in [1.807, 2.05) is 6.92 Å². The molecule has 0 aromatic rings. The summed E-state index contributed by atoms with van der Waals surface area (Å²) in [6.45, 7) is 5.28. The Hall–Kier alpha value is -0.210. The van der Waals surface area contributed by atoms with E-state index in [4.69, 9.17) is 10.5 Å². The first-order valence-electron chi connectivity index (χ1n) is 6.62. The second-order valence-electron chi connectivity index (χ2n) is 4.55. The second kappa shape index (κ2) is 8.06. The zero-order chi connectivity index (χ0) is 13.4. The van der Waals surface area contributed by atoms with Crippen molar-refractivity contribution in [2.45, 2.75) is 26.2 Å². The van der Waals surface area contributed by atoms with E-state index in [1.54, 1.807) is 0 Å². The van der Waals surface area contributed by atoms with Gasteiger partial charge in [-0.2, -0.15) is 12.7 Å². The lowest BCUT2D eigenvalue weighted by Crippen LogP contribution is -2.47. The Balaban J connectivity index is 2.33. The first-order valence-corrected chi connectivity index (χ1v) is 8.06. The van der Waals surface area contributed by atoms with Crippen LogP contribution in [0.25, 0.3) is 0 Å². The number of hydrogen-bond acceptors (Lipinski definition) is 4. The monoisotopic (exact) mass is 279 g/mol. The fourth-order valence-electron chi connectivity index (χ4n) is 2.05. The van der Waals surface area contributed by atoms with Gasteiger partial charge in [0.2, 0.25) is 0 Å². The SMILES string of the molecule is CCOCCCNS(=O)(=O)N1CCCC(CN)C1. The Morgan fingerprint density at radius 2 is 2.28 bits per heavy atom. The van der Waals surface area contributed by atoms with Crippen LogP contribution in [0.2, 0.25) is 0 Å². The molecular formula is C11H25N3O3S. The lowest BCUT2D eigenvalue weighted by Gasteiger charge is -2.31. The Morgan fingerprint density at radius 3 is 2.94 bits per heavy atom. The van der Waals surface area contributed by atoms with Gasteiger partial charge in [0, 0.05) is 32.8 Å². The van der Waals surface area contributed by atoms with Gasteiger partial charge in [0.15, 0.2) is 0 Å². The molecule has 0 spiro atoms. The maximum absolute atomic E-state index is 12.0. The summed E-state index contributed by atoms with van der Waals surface area (Å²) in [7, 11) is -3.34. The number of nitrogens with zero attached hydrogens (tertiary/aromatic N) is 1. The minimum absolute atomic E-state index is 0.291. The summed E-state index contributed by atoms with van der Waals surface area (Å²) in [6, 6.07) is 0. The zero-order valence-electron chi connectivity index (χ0n) is 11.1. The van der Waals surface area contributed by atoms with Crippen molar-refractivity contribution < 1.29 is 13.2 Å². The normalized spacial score (nSPS) is 22.2. The van der Waals surface area contributed by atoms with Crippen LogP contribution in [0.4, 0.5) is 0 Å². The van der Waals surface area contributed by atoms with Crippen LogP contribution in [0.5, 0.6) is 0 Å². The van der Waals surface area contributed by atoms with Gasteiger partial charge in [0.05, 0.1) is 0 Å². The number of rotatable bonds is 8. The average molecular weight is 279 g/mol. The molecule has 6 nitrogen and oxygen atoms in total. The van der Waals surface area contributed by atoms with E-state index in [-0.39, 0.29) is 0 Å². The number of nitrogens with one attached hydrogen (secondary N) is 1. The van der Waals surface area contributed by atoms with Crippen molar-refractivity contribution in [2.24, 2.45) is 11.7 Å². The van der Waals surface area contributed by atoms with Crippen LogP contribution in [-0.4, -0.2) is 52.1 Å². The van der Waals surface area contributed by atoms with Gasteiger partial charge in [-0.15, -0.1) is 0 Å². The summed E-state index contributed by atoms with van der Waals surface area (Å²) in [4.78, 5) is 0. The highest BCUT2D eigenvalue weighted by molar-refractivity contribution is 7.87. The highest BCUT2D eigenvalue weighted by atomic mass is 32.2. The van der Waals surface area contributed by atoms with Crippen molar-refractivity contribution in [3.05, 3.63) is 0 Å². The Kier molecular flexibility index (Phi) is 7.10. The van der Waals surface area contributed by atoms with E-state index in [2.05, 4.69) is 4.72 Å². The predicted octanol–water partition coefficient (Wildman–Crippen LogP) is -0.0819. The summed E-state index contributed by atoms with van der Waals surface area (Å²) in [5.74, 6) is 0.291. The molecule has 1 rings (SSSR count). The van der Waals surface area contributed by atoms with Crippen molar-refractivity contribution in [1.29, 1.82) is 0 Å².